The van der Waals surface area contributed by atoms with Gasteiger partial charge in [-0.05, 0) is 25.8 Å². The number of amides is 2. The smallest absolute Gasteiger partial charge is 0.270 e. The van der Waals surface area contributed by atoms with Crippen LogP contribution in [-0.4, -0.2) is 65.2 Å². The first-order valence-electron chi connectivity index (χ1n) is 10.4. The number of hydrogen-bond acceptors (Lipinski definition) is 6. The van der Waals surface area contributed by atoms with Crippen LogP contribution in [-0.2, 0) is 21.9 Å². The van der Waals surface area contributed by atoms with Gasteiger partial charge in [-0.3, -0.25) is 9.59 Å². The highest BCUT2D eigenvalue weighted by molar-refractivity contribution is 7.89. The minimum atomic E-state index is -3.63. The predicted octanol–water partition coefficient (Wildman–Crippen LogP) is 2.31. The lowest BCUT2D eigenvalue weighted by atomic mass is 9.96. The lowest BCUT2D eigenvalue weighted by Gasteiger charge is -2.31. The molecule has 2 amide bonds. The molecular formula is C20H29N5O4S2. The molecule has 170 valence electrons. The number of aromatic nitrogens is 2. The van der Waals surface area contributed by atoms with Crippen molar-refractivity contribution in [1.82, 2.24) is 18.8 Å². The fourth-order valence-corrected chi connectivity index (χ4v) is 5.95. The van der Waals surface area contributed by atoms with Gasteiger partial charge < -0.3 is 14.8 Å². The number of sulfonamides is 1. The number of carbonyl (C=O) groups excluding carboxylic acids is 2. The second-order valence-electron chi connectivity index (χ2n) is 7.61. The summed E-state index contributed by atoms with van der Waals surface area (Å²) >= 11 is 1.39. The minimum Gasteiger partial charge on any atom is -0.345 e. The van der Waals surface area contributed by atoms with E-state index in [-0.39, 0.29) is 22.6 Å². The van der Waals surface area contributed by atoms with Gasteiger partial charge in [0.05, 0.1) is 5.69 Å². The van der Waals surface area contributed by atoms with Crippen LogP contribution >= 0.6 is 11.3 Å². The number of thiazole rings is 1. The van der Waals surface area contributed by atoms with Crippen LogP contribution in [0.15, 0.2) is 22.5 Å². The van der Waals surface area contributed by atoms with Crippen LogP contribution in [0, 0.1) is 12.8 Å². The summed E-state index contributed by atoms with van der Waals surface area (Å²) in [7, 11) is -1.96. The van der Waals surface area contributed by atoms with Gasteiger partial charge in [0.25, 0.3) is 5.91 Å². The number of likely N-dealkylation sites (tertiary alicyclic amines) is 1. The van der Waals surface area contributed by atoms with E-state index in [2.05, 4.69) is 10.3 Å². The third-order valence-corrected chi connectivity index (χ3v) is 8.44. The Morgan fingerprint density at radius 3 is 2.45 bits per heavy atom. The minimum absolute atomic E-state index is 0.0760. The van der Waals surface area contributed by atoms with Crippen molar-refractivity contribution in [3.8, 4) is 0 Å². The highest BCUT2D eigenvalue weighted by Crippen LogP contribution is 2.24. The second-order valence-corrected chi connectivity index (χ2v) is 10.4. The molecule has 11 heteroatoms. The lowest BCUT2D eigenvalue weighted by molar-refractivity contribution is -0.121. The SMILES string of the molecule is CCN(CC)S(=O)(=O)c1cc(C(=O)N2CCC(C(=O)Nc3nc(C)cs3)CC2)n(C)c1. The molecule has 1 N–H and O–H groups in total. The number of carbonyl (C=O) groups is 2. The van der Waals surface area contributed by atoms with Crippen LogP contribution in [0.3, 0.4) is 0 Å². The molecule has 0 unspecified atom stereocenters. The molecule has 0 spiro atoms. The van der Waals surface area contributed by atoms with E-state index >= 15 is 0 Å². The quantitative estimate of drug-likeness (QED) is 0.673. The summed E-state index contributed by atoms with van der Waals surface area (Å²) in [5, 5.41) is 5.32. The largest absolute Gasteiger partial charge is 0.345 e. The Hall–Kier alpha value is -2.24. The van der Waals surface area contributed by atoms with Crippen LogP contribution in [0.2, 0.25) is 0 Å². The molecule has 1 aliphatic heterocycles. The fraction of sp³-hybridized carbons (Fsp3) is 0.550. The van der Waals surface area contributed by atoms with Crippen molar-refractivity contribution >= 4 is 38.3 Å². The van der Waals surface area contributed by atoms with Crippen LogP contribution < -0.4 is 5.32 Å². The summed E-state index contributed by atoms with van der Waals surface area (Å²) in [6, 6.07) is 1.44. The summed E-state index contributed by atoms with van der Waals surface area (Å²) in [4.78, 5) is 31.6. The number of hydrogen-bond donors (Lipinski definition) is 1. The summed E-state index contributed by atoms with van der Waals surface area (Å²) < 4.78 is 28.5. The van der Waals surface area contributed by atoms with Gasteiger partial charge in [0.15, 0.2) is 5.13 Å². The fourth-order valence-electron chi connectivity index (χ4n) is 3.73. The van der Waals surface area contributed by atoms with E-state index < -0.39 is 10.0 Å². The Labute approximate surface area is 187 Å². The molecule has 0 atom stereocenters. The third kappa shape index (κ3) is 4.99. The molecule has 3 rings (SSSR count). The van der Waals surface area contributed by atoms with Crippen LogP contribution in [0.4, 0.5) is 5.13 Å². The van der Waals surface area contributed by atoms with Crippen molar-refractivity contribution in [2.24, 2.45) is 13.0 Å². The Morgan fingerprint density at radius 1 is 1.26 bits per heavy atom. The molecule has 0 aliphatic carbocycles. The van der Waals surface area contributed by atoms with E-state index in [4.69, 9.17) is 0 Å². The van der Waals surface area contributed by atoms with Gasteiger partial charge in [0.2, 0.25) is 15.9 Å². The van der Waals surface area contributed by atoms with Gasteiger partial charge in [0.1, 0.15) is 10.6 Å². The van der Waals surface area contributed by atoms with Crippen LogP contribution in [0.5, 0.6) is 0 Å². The summed E-state index contributed by atoms with van der Waals surface area (Å²) in [5.74, 6) is -0.480. The van der Waals surface area contributed by atoms with E-state index in [9.17, 15) is 18.0 Å². The Kier molecular flexibility index (Phi) is 7.17. The van der Waals surface area contributed by atoms with E-state index in [1.807, 2.05) is 12.3 Å². The number of rotatable bonds is 7. The number of nitrogens with one attached hydrogen (secondary N) is 1. The Bertz CT molecular complexity index is 1050. The third-order valence-electron chi connectivity index (χ3n) is 5.54. The van der Waals surface area contributed by atoms with Gasteiger partial charge in [-0.15, -0.1) is 11.3 Å². The first-order chi connectivity index (χ1) is 14.7. The number of anilines is 1. The van der Waals surface area contributed by atoms with Gasteiger partial charge in [0, 0.05) is 50.7 Å². The Balaban J connectivity index is 1.64. The van der Waals surface area contributed by atoms with Gasteiger partial charge in [-0.25, -0.2) is 13.4 Å². The van der Waals surface area contributed by atoms with Gasteiger partial charge >= 0.3 is 0 Å². The standard InChI is InChI=1S/C20H29N5O4S2/c1-5-25(6-2)31(28,29)16-11-17(23(4)12-16)19(27)24-9-7-15(8-10-24)18(26)22-20-21-14(3)13-30-20/h11-13,15H,5-10H2,1-4H3,(H,21,22,26). The van der Waals surface area contributed by atoms with Crippen LogP contribution in [0.1, 0.15) is 42.9 Å². The molecule has 0 bridgehead atoms. The van der Waals surface area contributed by atoms with Crippen molar-refractivity contribution < 1.29 is 18.0 Å². The summed E-state index contributed by atoms with van der Waals surface area (Å²) in [5.41, 5.74) is 1.19. The second kappa shape index (κ2) is 9.49. The maximum absolute atomic E-state index is 13.0. The van der Waals surface area contributed by atoms with Gasteiger partial charge in [-0.2, -0.15) is 4.31 Å². The molecule has 9 nitrogen and oxygen atoms in total. The average molecular weight is 468 g/mol. The highest BCUT2D eigenvalue weighted by Gasteiger charge is 2.31. The molecule has 3 heterocycles. The first kappa shape index (κ1) is 23.4. The molecule has 31 heavy (non-hydrogen) atoms. The highest BCUT2D eigenvalue weighted by atomic mass is 32.2. The number of piperidine rings is 1. The first-order valence-corrected chi connectivity index (χ1v) is 12.7. The van der Waals surface area contributed by atoms with E-state index in [0.717, 1.165) is 5.69 Å². The van der Waals surface area contributed by atoms with Crippen molar-refractivity contribution in [3.05, 3.63) is 29.0 Å². The molecule has 2 aromatic rings. The maximum atomic E-state index is 13.0. The van der Waals surface area contributed by atoms with Crippen LogP contribution in [0.25, 0.3) is 0 Å². The zero-order chi connectivity index (χ0) is 22.8. The lowest BCUT2D eigenvalue weighted by Crippen LogP contribution is -2.42. The van der Waals surface area contributed by atoms with E-state index in [0.29, 0.717) is 49.8 Å². The molecule has 0 aromatic carbocycles. The zero-order valence-corrected chi connectivity index (χ0v) is 19.9. The maximum Gasteiger partial charge on any atom is 0.270 e. The van der Waals surface area contributed by atoms with E-state index in [1.165, 1.54) is 27.9 Å². The molecule has 0 saturated carbocycles. The van der Waals surface area contributed by atoms with Crippen molar-refractivity contribution in [2.45, 2.75) is 38.5 Å². The molecule has 1 saturated heterocycles. The Morgan fingerprint density at radius 2 is 1.90 bits per heavy atom. The zero-order valence-electron chi connectivity index (χ0n) is 18.3. The van der Waals surface area contributed by atoms with Gasteiger partial charge in [-0.1, -0.05) is 13.8 Å². The molecular weight excluding hydrogens is 438 g/mol. The molecule has 1 fully saturated rings. The molecule has 2 aromatic heterocycles. The van der Waals surface area contributed by atoms with Crippen molar-refractivity contribution in [1.29, 1.82) is 0 Å². The summed E-state index contributed by atoms with van der Waals surface area (Å²) in [6.45, 7) is 7.06. The monoisotopic (exact) mass is 467 g/mol. The number of nitrogens with zero attached hydrogens (tertiary/aromatic N) is 4. The number of aryl methyl sites for hydroxylation is 2. The molecule has 0 radical (unpaired) electrons. The molecule has 1 aliphatic rings. The van der Waals surface area contributed by atoms with Crippen molar-refractivity contribution in [2.75, 3.05) is 31.5 Å². The average Bonchev–Trinajstić information content (AvgIpc) is 3.34. The van der Waals surface area contributed by atoms with E-state index in [1.54, 1.807) is 30.4 Å². The normalized spacial score (nSPS) is 15.5. The van der Waals surface area contributed by atoms with Crippen molar-refractivity contribution in [3.63, 3.8) is 0 Å². The summed E-state index contributed by atoms with van der Waals surface area (Å²) in [6.07, 6.45) is 2.59. The topological polar surface area (TPSA) is 105 Å². The predicted molar refractivity (Wildman–Crippen MR) is 120 cm³/mol.